The van der Waals surface area contributed by atoms with E-state index in [1.807, 2.05) is 19.1 Å². The second-order valence-corrected chi connectivity index (χ2v) is 7.86. The molecule has 0 aliphatic rings. The molecule has 1 aromatic carbocycles. The van der Waals surface area contributed by atoms with Crippen LogP contribution >= 0.6 is 35.3 Å². The third-order valence-corrected chi connectivity index (χ3v) is 5.47. The minimum atomic E-state index is -0.370. The maximum absolute atomic E-state index is 10.7. The molecule has 0 bridgehead atoms. The van der Waals surface area contributed by atoms with Gasteiger partial charge in [0.15, 0.2) is 5.96 Å². The van der Waals surface area contributed by atoms with Crippen LogP contribution in [0.5, 0.6) is 0 Å². The molecular formula is C20H30IN5O2S. The van der Waals surface area contributed by atoms with Gasteiger partial charge in [-0.1, -0.05) is 12.1 Å². The molecule has 1 heterocycles. The number of halogens is 1. The van der Waals surface area contributed by atoms with Crippen molar-refractivity contribution in [2.75, 3.05) is 19.6 Å². The number of aliphatic imine (C=N–C) groups is 1. The van der Waals surface area contributed by atoms with Gasteiger partial charge in [0, 0.05) is 43.1 Å². The third-order valence-electron chi connectivity index (χ3n) is 4.34. The number of rotatable bonds is 10. The number of aryl methyl sites for hydroxylation is 3. The van der Waals surface area contributed by atoms with Crippen LogP contribution in [-0.2, 0) is 12.8 Å². The molecule has 0 saturated heterocycles. The summed E-state index contributed by atoms with van der Waals surface area (Å²) in [6.07, 6.45) is 3.76. The molecule has 2 aromatic rings. The van der Waals surface area contributed by atoms with Crippen molar-refractivity contribution < 1.29 is 4.92 Å². The van der Waals surface area contributed by atoms with Crippen LogP contribution in [-0.4, -0.2) is 35.5 Å². The number of aromatic nitrogens is 1. The second kappa shape index (κ2) is 13.5. The Morgan fingerprint density at radius 1 is 1.17 bits per heavy atom. The minimum absolute atomic E-state index is 0. The zero-order chi connectivity index (χ0) is 20.4. The molecule has 0 saturated carbocycles. The molecule has 29 heavy (non-hydrogen) atoms. The van der Waals surface area contributed by atoms with Gasteiger partial charge >= 0.3 is 0 Å². The van der Waals surface area contributed by atoms with E-state index in [9.17, 15) is 10.1 Å². The molecule has 7 nitrogen and oxygen atoms in total. The SMILES string of the molecule is CCNC(=NCCCCc1ccc([N+](=O)[O-])cc1)NCCc1nc(C)c(C)s1.I. The number of nitrogens with one attached hydrogen (secondary N) is 2. The fraction of sp³-hybridized carbons (Fsp3) is 0.500. The lowest BCUT2D eigenvalue weighted by Crippen LogP contribution is -2.38. The van der Waals surface area contributed by atoms with Gasteiger partial charge in [-0.05, 0) is 45.6 Å². The van der Waals surface area contributed by atoms with Crippen LogP contribution in [0, 0.1) is 24.0 Å². The predicted octanol–water partition coefficient (Wildman–Crippen LogP) is 4.41. The van der Waals surface area contributed by atoms with Gasteiger partial charge in [0.2, 0.25) is 0 Å². The number of hydrogen-bond donors (Lipinski definition) is 2. The molecule has 2 rings (SSSR count). The molecule has 160 valence electrons. The lowest BCUT2D eigenvalue weighted by Gasteiger charge is -2.10. The first-order valence-electron chi connectivity index (χ1n) is 9.68. The third kappa shape index (κ3) is 9.07. The molecule has 0 radical (unpaired) electrons. The average molecular weight is 531 g/mol. The smallest absolute Gasteiger partial charge is 0.269 e. The van der Waals surface area contributed by atoms with Gasteiger partial charge in [-0.2, -0.15) is 0 Å². The Morgan fingerprint density at radius 3 is 2.48 bits per heavy atom. The number of unbranched alkanes of at least 4 members (excludes halogenated alkanes) is 1. The van der Waals surface area contributed by atoms with Gasteiger partial charge in [0.1, 0.15) is 0 Å². The van der Waals surface area contributed by atoms with Crippen LogP contribution < -0.4 is 10.6 Å². The Morgan fingerprint density at radius 2 is 1.90 bits per heavy atom. The zero-order valence-corrected chi connectivity index (χ0v) is 20.4. The number of guanidine groups is 1. The van der Waals surface area contributed by atoms with E-state index in [1.54, 1.807) is 23.5 Å². The van der Waals surface area contributed by atoms with Gasteiger partial charge in [-0.15, -0.1) is 35.3 Å². The highest BCUT2D eigenvalue weighted by Gasteiger charge is 2.05. The van der Waals surface area contributed by atoms with Crippen molar-refractivity contribution in [3.63, 3.8) is 0 Å². The summed E-state index contributed by atoms with van der Waals surface area (Å²) in [4.78, 5) is 20.8. The Bertz CT molecular complexity index is 773. The number of non-ortho nitro benzene ring substituents is 1. The Kier molecular flexibility index (Phi) is 11.7. The molecule has 0 atom stereocenters. The molecule has 0 spiro atoms. The number of hydrogen-bond acceptors (Lipinski definition) is 5. The maximum Gasteiger partial charge on any atom is 0.269 e. The summed E-state index contributed by atoms with van der Waals surface area (Å²) in [7, 11) is 0. The number of nitrogens with zero attached hydrogens (tertiary/aromatic N) is 3. The Balaban J connectivity index is 0.00000420. The summed E-state index contributed by atoms with van der Waals surface area (Å²) >= 11 is 1.76. The van der Waals surface area contributed by atoms with Gasteiger partial charge in [-0.25, -0.2) is 4.98 Å². The van der Waals surface area contributed by atoms with Crippen molar-refractivity contribution in [2.24, 2.45) is 4.99 Å². The zero-order valence-electron chi connectivity index (χ0n) is 17.2. The van der Waals surface area contributed by atoms with Crippen molar-refractivity contribution in [1.29, 1.82) is 0 Å². The summed E-state index contributed by atoms with van der Waals surface area (Å²) in [5, 5.41) is 18.5. The van der Waals surface area contributed by atoms with E-state index < -0.39 is 0 Å². The molecule has 0 aliphatic heterocycles. The van der Waals surface area contributed by atoms with Gasteiger partial charge in [-0.3, -0.25) is 15.1 Å². The highest BCUT2D eigenvalue weighted by Crippen LogP contribution is 2.16. The van der Waals surface area contributed by atoms with Crippen LogP contribution in [0.25, 0.3) is 0 Å². The summed E-state index contributed by atoms with van der Waals surface area (Å²) in [5.74, 6) is 0.836. The molecule has 9 heteroatoms. The first-order valence-corrected chi connectivity index (χ1v) is 10.5. The molecule has 0 unspecified atom stereocenters. The number of nitro groups is 1. The van der Waals surface area contributed by atoms with E-state index in [0.717, 1.165) is 67.5 Å². The van der Waals surface area contributed by atoms with Crippen LogP contribution in [0.15, 0.2) is 29.3 Å². The summed E-state index contributed by atoms with van der Waals surface area (Å²) in [6, 6.07) is 6.78. The van der Waals surface area contributed by atoms with Crippen LogP contribution in [0.1, 0.15) is 40.9 Å². The van der Waals surface area contributed by atoms with Crippen molar-refractivity contribution in [1.82, 2.24) is 15.6 Å². The molecule has 0 fully saturated rings. The summed E-state index contributed by atoms with van der Waals surface area (Å²) in [5.41, 5.74) is 2.38. The second-order valence-electron chi connectivity index (χ2n) is 6.57. The maximum atomic E-state index is 10.7. The van der Waals surface area contributed by atoms with Gasteiger partial charge in [0.05, 0.1) is 15.6 Å². The largest absolute Gasteiger partial charge is 0.357 e. The van der Waals surface area contributed by atoms with Crippen molar-refractivity contribution in [3.05, 3.63) is 55.5 Å². The van der Waals surface area contributed by atoms with Crippen molar-refractivity contribution in [2.45, 2.75) is 46.5 Å². The van der Waals surface area contributed by atoms with Gasteiger partial charge in [0.25, 0.3) is 5.69 Å². The molecule has 1 aromatic heterocycles. The number of nitro benzene ring substituents is 1. The van der Waals surface area contributed by atoms with E-state index in [0.29, 0.717) is 0 Å². The van der Waals surface area contributed by atoms with Crippen molar-refractivity contribution in [3.8, 4) is 0 Å². The van der Waals surface area contributed by atoms with Crippen LogP contribution in [0.2, 0.25) is 0 Å². The quantitative estimate of drug-likeness (QED) is 0.118. The Labute approximate surface area is 193 Å². The molecule has 0 aliphatic carbocycles. The number of benzene rings is 1. The number of thiazole rings is 1. The summed E-state index contributed by atoms with van der Waals surface area (Å²) < 4.78 is 0. The van der Waals surface area contributed by atoms with Crippen LogP contribution in [0.3, 0.4) is 0 Å². The Hall–Kier alpha value is -1.75. The predicted molar refractivity (Wildman–Crippen MR) is 131 cm³/mol. The van der Waals surface area contributed by atoms with E-state index >= 15 is 0 Å². The normalized spacial score (nSPS) is 11.1. The summed E-state index contributed by atoms with van der Waals surface area (Å²) in [6.45, 7) is 8.58. The fourth-order valence-corrected chi connectivity index (χ4v) is 3.63. The van der Waals surface area contributed by atoms with E-state index in [4.69, 9.17) is 0 Å². The van der Waals surface area contributed by atoms with E-state index in [2.05, 4.69) is 34.5 Å². The fourth-order valence-electron chi connectivity index (χ4n) is 2.69. The lowest BCUT2D eigenvalue weighted by atomic mass is 10.1. The van der Waals surface area contributed by atoms with Gasteiger partial charge < -0.3 is 10.6 Å². The monoisotopic (exact) mass is 531 g/mol. The lowest BCUT2D eigenvalue weighted by molar-refractivity contribution is -0.384. The molecule has 0 amide bonds. The average Bonchev–Trinajstić information content (AvgIpc) is 2.99. The minimum Gasteiger partial charge on any atom is -0.357 e. The molecule has 2 N–H and O–H groups in total. The van der Waals surface area contributed by atoms with Crippen molar-refractivity contribution >= 4 is 47.0 Å². The first-order chi connectivity index (χ1) is 13.5. The first kappa shape index (κ1) is 25.3. The topological polar surface area (TPSA) is 92.5 Å². The van der Waals surface area contributed by atoms with E-state index in [1.165, 1.54) is 4.88 Å². The van der Waals surface area contributed by atoms with E-state index in [-0.39, 0.29) is 34.6 Å². The highest BCUT2D eigenvalue weighted by molar-refractivity contribution is 14.0. The van der Waals surface area contributed by atoms with Crippen LogP contribution in [0.4, 0.5) is 5.69 Å². The standard InChI is InChI=1S/C20H29N5O2S.HI/c1-4-21-20(23-14-12-19-24-15(2)16(3)28-19)22-13-6-5-7-17-8-10-18(11-9-17)25(26)27;/h8-11H,4-7,12-14H2,1-3H3,(H2,21,22,23);1H. The molecular weight excluding hydrogens is 501 g/mol. The highest BCUT2D eigenvalue weighted by atomic mass is 127.